The highest BCUT2D eigenvalue weighted by molar-refractivity contribution is 5.75. The summed E-state index contributed by atoms with van der Waals surface area (Å²) in [6.45, 7) is 0.338. The monoisotopic (exact) mass is 302 g/mol. The smallest absolute Gasteiger partial charge is 0.391 e. The molecule has 116 valence electrons. The number of alkyl halides is 3. The van der Waals surface area contributed by atoms with Gasteiger partial charge in [-0.2, -0.15) is 13.2 Å². The van der Waals surface area contributed by atoms with Gasteiger partial charge in [-0.3, -0.25) is 0 Å². The van der Waals surface area contributed by atoms with Crippen LogP contribution in [0.1, 0.15) is 12.0 Å². The number of aliphatic hydroxyl groups is 1. The number of β-amino-alcohol motifs (C(OH)–C–C–N with tert-alkyl or cyclic N) is 1. The van der Waals surface area contributed by atoms with Crippen LogP contribution in [0.5, 0.6) is 0 Å². The van der Waals surface area contributed by atoms with Crippen molar-refractivity contribution in [1.82, 2.24) is 10.2 Å². The minimum absolute atomic E-state index is 0.0712. The molecule has 1 aromatic carbocycles. The zero-order chi connectivity index (χ0) is 15.5. The number of nitrogens with one attached hydrogen (secondary N) is 1. The van der Waals surface area contributed by atoms with E-state index in [1.807, 2.05) is 5.32 Å². The summed E-state index contributed by atoms with van der Waals surface area (Å²) in [4.78, 5) is 13.0. The Morgan fingerprint density at radius 3 is 2.57 bits per heavy atom. The Morgan fingerprint density at radius 2 is 2.05 bits per heavy atom. The highest BCUT2D eigenvalue weighted by atomic mass is 19.4. The molecule has 1 aliphatic rings. The molecule has 4 nitrogen and oxygen atoms in total. The predicted molar refractivity (Wildman–Crippen MR) is 70.7 cm³/mol. The van der Waals surface area contributed by atoms with Gasteiger partial charge in [0.25, 0.3) is 0 Å². The fourth-order valence-corrected chi connectivity index (χ4v) is 2.27. The molecule has 0 unspecified atom stereocenters. The maximum absolute atomic E-state index is 13.0. The molecule has 0 aromatic heterocycles. The van der Waals surface area contributed by atoms with Crippen molar-refractivity contribution >= 4 is 6.03 Å². The molecule has 0 radical (unpaired) electrons. The summed E-state index contributed by atoms with van der Waals surface area (Å²) < 4.78 is 39.1. The van der Waals surface area contributed by atoms with Crippen molar-refractivity contribution in [2.75, 3.05) is 13.1 Å². The molecule has 0 spiro atoms. The van der Waals surface area contributed by atoms with Crippen LogP contribution < -0.4 is 5.32 Å². The van der Waals surface area contributed by atoms with Crippen LogP contribution in [0.2, 0.25) is 0 Å². The van der Waals surface area contributed by atoms with Gasteiger partial charge in [0.1, 0.15) is 6.04 Å². The third-order valence-electron chi connectivity index (χ3n) is 3.43. The molecular formula is C14H17F3N2O2. The average molecular weight is 302 g/mol. The first kappa shape index (κ1) is 15.6. The molecule has 2 amide bonds. The van der Waals surface area contributed by atoms with E-state index < -0.39 is 24.4 Å². The normalized spacial score (nSPS) is 20.4. The SMILES string of the molecule is O=C(N[C@@H](Cc1ccccc1)C(F)(F)F)N1CC[C@H](O)C1. The van der Waals surface area contributed by atoms with Gasteiger partial charge in [-0.25, -0.2) is 4.79 Å². The molecule has 1 saturated heterocycles. The number of urea groups is 1. The molecule has 2 N–H and O–H groups in total. The maximum Gasteiger partial charge on any atom is 0.408 e. The number of halogens is 3. The minimum Gasteiger partial charge on any atom is -0.391 e. The van der Waals surface area contributed by atoms with Crippen LogP contribution in [0, 0.1) is 0 Å². The van der Waals surface area contributed by atoms with Crippen molar-refractivity contribution in [1.29, 1.82) is 0 Å². The van der Waals surface area contributed by atoms with Gasteiger partial charge >= 0.3 is 12.2 Å². The Morgan fingerprint density at radius 1 is 1.38 bits per heavy atom. The quantitative estimate of drug-likeness (QED) is 0.896. The first-order chi connectivity index (χ1) is 9.86. The second kappa shape index (κ2) is 6.34. The van der Waals surface area contributed by atoms with Crippen LogP contribution in [-0.4, -0.2) is 47.4 Å². The summed E-state index contributed by atoms with van der Waals surface area (Å²) in [6.07, 6.45) is -5.10. The molecule has 2 atom stereocenters. The van der Waals surface area contributed by atoms with Crippen LogP contribution >= 0.6 is 0 Å². The third kappa shape index (κ3) is 4.35. The second-order valence-electron chi connectivity index (χ2n) is 5.12. The van der Waals surface area contributed by atoms with Crippen molar-refractivity contribution in [3.8, 4) is 0 Å². The molecular weight excluding hydrogens is 285 g/mol. The van der Waals surface area contributed by atoms with Gasteiger partial charge in [-0.15, -0.1) is 0 Å². The van der Waals surface area contributed by atoms with E-state index >= 15 is 0 Å². The number of amides is 2. The van der Waals surface area contributed by atoms with Gasteiger partial charge in [-0.1, -0.05) is 30.3 Å². The summed E-state index contributed by atoms with van der Waals surface area (Å²) >= 11 is 0. The Hall–Kier alpha value is -1.76. The second-order valence-corrected chi connectivity index (χ2v) is 5.12. The van der Waals surface area contributed by atoms with E-state index in [1.54, 1.807) is 30.3 Å². The standard InChI is InChI=1S/C14H17F3N2O2/c15-14(16,17)12(8-10-4-2-1-3-5-10)18-13(21)19-7-6-11(20)9-19/h1-5,11-12,20H,6-9H2,(H,18,21)/t11-,12-/m0/s1. The van der Waals surface area contributed by atoms with Gasteiger partial charge in [0.2, 0.25) is 0 Å². The zero-order valence-corrected chi connectivity index (χ0v) is 11.3. The number of likely N-dealkylation sites (tertiary alicyclic amines) is 1. The summed E-state index contributed by atoms with van der Waals surface area (Å²) in [5.41, 5.74) is 0.501. The van der Waals surface area contributed by atoms with Crippen LogP contribution in [0.3, 0.4) is 0 Å². The molecule has 0 saturated carbocycles. The Labute approximate surface area is 120 Å². The van der Waals surface area contributed by atoms with Crippen molar-refractivity contribution in [3.63, 3.8) is 0 Å². The fourth-order valence-electron chi connectivity index (χ4n) is 2.27. The number of carbonyl (C=O) groups is 1. The highest BCUT2D eigenvalue weighted by Crippen LogP contribution is 2.24. The number of hydrogen-bond acceptors (Lipinski definition) is 2. The first-order valence-corrected chi connectivity index (χ1v) is 6.70. The molecule has 1 fully saturated rings. The van der Waals surface area contributed by atoms with E-state index in [2.05, 4.69) is 0 Å². The Balaban J connectivity index is 2.02. The number of aliphatic hydroxyl groups excluding tert-OH is 1. The summed E-state index contributed by atoms with van der Waals surface area (Å²) in [5, 5.41) is 11.4. The summed E-state index contributed by atoms with van der Waals surface area (Å²) in [7, 11) is 0. The number of nitrogens with zero attached hydrogens (tertiary/aromatic N) is 1. The van der Waals surface area contributed by atoms with E-state index in [1.165, 1.54) is 4.90 Å². The zero-order valence-electron chi connectivity index (χ0n) is 11.3. The van der Waals surface area contributed by atoms with Crippen molar-refractivity contribution < 1.29 is 23.1 Å². The maximum atomic E-state index is 13.0. The third-order valence-corrected chi connectivity index (χ3v) is 3.43. The molecule has 7 heteroatoms. The fraction of sp³-hybridized carbons (Fsp3) is 0.500. The van der Waals surface area contributed by atoms with Crippen LogP contribution in [0.25, 0.3) is 0 Å². The van der Waals surface area contributed by atoms with Gasteiger partial charge in [0.05, 0.1) is 6.10 Å². The lowest BCUT2D eigenvalue weighted by molar-refractivity contribution is -0.153. The summed E-state index contributed by atoms with van der Waals surface area (Å²) in [5.74, 6) is 0. The number of hydrogen-bond donors (Lipinski definition) is 2. The first-order valence-electron chi connectivity index (χ1n) is 6.70. The Bertz CT molecular complexity index is 479. The van der Waals surface area contributed by atoms with Crippen molar-refractivity contribution in [3.05, 3.63) is 35.9 Å². The van der Waals surface area contributed by atoms with Crippen molar-refractivity contribution in [2.24, 2.45) is 0 Å². The van der Waals surface area contributed by atoms with Gasteiger partial charge in [-0.05, 0) is 12.0 Å². The van der Waals surface area contributed by atoms with Crippen LogP contribution in [-0.2, 0) is 6.42 Å². The predicted octanol–water partition coefficient (Wildman–Crippen LogP) is 1.94. The molecule has 1 aliphatic heterocycles. The van der Waals surface area contributed by atoms with Crippen molar-refractivity contribution in [2.45, 2.75) is 31.2 Å². The molecule has 1 heterocycles. The van der Waals surface area contributed by atoms with E-state index in [-0.39, 0.29) is 19.5 Å². The topological polar surface area (TPSA) is 52.6 Å². The van der Waals surface area contributed by atoms with Gasteiger partial charge < -0.3 is 15.3 Å². The van der Waals surface area contributed by atoms with Crippen LogP contribution in [0.4, 0.5) is 18.0 Å². The number of benzene rings is 1. The van der Waals surface area contributed by atoms with Crippen LogP contribution in [0.15, 0.2) is 30.3 Å². The van der Waals surface area contributed by atoms with E-state index in [9.17, 15) is 23.1 Å². The number of carbonyl (C=O) groups excluding carboxylic acids is 1. The van der Waals surface area contributed by atoms with E-state index in [0.29, 0.717) is 12.0 Å². The lowest BCUT2D eigenvalue weighted by atomic mass is 10.1. The number of rotatable bonds is 3. The molecule has 0 aliphatic carbocycles. The lowest BCUT2D eigenvalue weighted by Gasteiger charge is -2.25. The molecule has 2 rings (SSSR count). The largest absolute Gasteiger partial charge is 0.408 e. The Kier molecular flexibility index (Phi) is 4.72. The molecule has 1 aromatic rings. The van der Waals surface area contributed by atoms with Gasteiger partial charge in [0, 0.05) is 19.5 Å². The van der Waals surface area contributed by atoms with E-state index in [0.717, 1.165) is 0 Å². The lowest BCUT2D eigenvalue weighted by Crippen LogP contribution is -2.51. The average Bonchev–Trinajstić information content (AvgIpc) is 2.85. The van der Waals surface area contributed by atoms with E-state index in [4.69, 9.17) is 0 Å². The highest BCUT2D eigenvalue weighted by Gasteiger charge is 2.41. The summed E-state index contributed by atoms with van der Waals surface area (Å²) in [6, 6.07) is 5.48. The minimum atomic E-state index is -4.52. The molecule has 21 heavy (non-hydrogen) atoms. The molecule has 0 bridgehead atoms. The van der Waals surface area contributed by atoms with Gasteiger partial charge in [0.15, 0.2) is 0 Å².